The number of rotatable bonds is 5. The lowest BCUT2D eigenvalue weighted by molar-refractivity contribution is -0.117. The number of fused-ring (bicyclic) bond motifs is 1. The van der Waals surface area contributed by atoms with Crippen molar-refractivity contribution in [1.29, 1.82) is 0 Å². The second kappa shape index (κ2) is 8.05. The third kappa shape index (κ3) is 3.88. The Labute approximate surface area is 156 Å². The molecule has 0 aromatic heterocycles. The molecule has 0 bridgehead atoms. The van der Waals surface area contributed by atoms with E-state index in [0.29, 0.717) is 23.5 Å². The van der Waals surface area contributed by atoms with Crippen LogP contribution in [0.3, 0.4) is 0 Å². The summed E-state index contributed by atoms with van der Waals surface area (Å²) in [5.74, 6) is -0.145. The van der Waals surface area contributed by atoms with E-state index in [2.05, 4.69) is 10.6 Å². The van der Waals surface area contributed by atoms with Crippen LogP contribution in [0, 0.1) is 0 Å². The Kier molecular flexibility index (Phi) is 5.58. The van der Waals surface area contributed by atoms with E-state index < -0.39 is 0 Å². The predicted octanol–water partition coefficient (Wildman–Crippen LogP) is 2.51. The van der Waals surface area contributed by atoms with Crippen molar-refractivity contribution in [2.45, 2.75) is 11.3 Å². The zero-order chi connectivity index (χ0) is 18.5. The molecule has 3 amide bonds. The highest BCUT2D eigenvalue weighted by Crippen LogP contribution is 2.34. The molecule has 0 unspecified atom stereocenters. The minimum Gasteiger partial charge on any atom is -0.355 e. The van der Waals surface area contributed by atoms with Crippen LogP contribution in [0.15, 0.2) is 53.4 Å². The average Bonchev–Trinajstić information content (AvgIpc) is 2.67. The van der Waals surface area contributed by atoms with Crippen LogP contribution in [0.25, 0.3) is 0 Å². The minimum absolute atomic E-state index is 0.00717. The highest BCUT2D eigenvalue weighted by atomic mass is 32.2. The van der Waals surface area contributed by atoms with Crippen molar-refractivity contribution in [2.24, 2.45) is 0 Å². The van der Waals surface area contributed by atoms with Gasteiger partial charge in [0.1, 0.15) is 0 Å². The van der Waals surface area contributed by atoms with E-state index in [1.807, 2.05) is 24.3 Å². The Morgan fingerprint density at radius 2 is 1.85 bits per heavy atom. The van der Waals surface area contributed by atoms with Gasteiger partial charge in [-0.05, 0) is 24.3 Å². The highest BCUT2D eigenvalue weighted by molar-refractivity contribution is 8.00. The van der Waals surface area contributed by atoms with Gasteiger partial charge >= 0.3 is 0 Å². The molecule has 0 radical (unpaired) electrons. The quantitative estimate of drug-likeness (QED) is 0.849. The maximum Gasteiger partial charge on any atom is 0.253 e. The second-order valence-electron chi connectivity index (χ2n) is 5.72. The zero-order valence-corrected chi connectivity index (χ0v) is 15.1. The normalized spacial score (nSPS) is 13.1. The molecule has 1 heterocycles. The molecule has 7 heteroatoms. The maximum absolute atomic E-state index is 12.4. The number of anilines is 2. The molecule has 0 spiro atoms. The molecule has 26 heavy (non-hydrogen) atoms. The van der Waals surface area contributed by atoms with Gasteiger partial charge in [0, 0.05) is 24.9 Å². The van der Waals surface area contributed by atoms with Gasteiger partial charge in [-0.15, -0.1) is 11.8 Å². The van der Waals surface area contributed by atoms with Crippen LogP contribution in [0.4, 0.5) is 11.4 Å². The van der Waals surface area contributed by atoms with Gasteiger partial charge in [-0.25, -0.2) is 0 Å². The van der Waals surface area contributed by atoms with Gasteiger partial charge in [-0.2, -0.15) is 0 Å². The molecule has 0 aliphatic carbocycles. The lowest BCUT2D eigenvalue weighted by atomic mass is 10.1. The number of nitrogens with one attached hydrogen (secondary N) is 2. The Hall–Kier alpha value is -2.80. The van der Waals surface area contributed by atoms with E-state index in [1.54, 1.807) is 36.2 Å². The Morgan fingerprint density at radius 1 is 1.12 bits per heavy atom. The van der Waals surface area contributed by atoms with Gasteiger partial charge in [0.15, 0.2) is 0 Å². The largest absolute Gasteiger partial charge is 0.355 e. The predicted molar refractivity (Wildman–Crippen MR) is 103 cm³/mol. The van der Waals surface area contributed by atoms with Crippen LogP contribution in [-0.2, 0) is 9.59 Å². The summed E-state index contributed by atoms with van der Waals surface area (Å²) in [7, 11) is 1.54. The summed E-state index contributed by atoms with van der Waals surface area (Å²) in [5, 5.41) is 5.31. The first-order chi connectivity index (χ1) is 12.6. The molecule has 1 aliphatic heterocycles. The topological polar surface area (TPSA) is 78.5 Å². The molecule has 2 N–H and O–H groups in total. The van der Waals surface area contributed by atoms with Gasteiger partial charge in [-0.1, -0.05) is 24.3 Å². The van der Waals surface area contributed by atoms with Crippen molar-refractivity contribution in [3.63, 3.8) is 0 Å². The fourth-order valence-electron chi connectivity index (χ4n) is 2.75. The average molecular weight is 369 g/mol. The molecular weight excluding hydrogens is 350 g/mol. The molecule has 0 fully saturated rings. The molecular formula is C19H19N3O3S. The lowest BCUT2D eigenvalue weighted by Crippen LogP contribution is -2.37. The van der Waals surface area contributed by atoms with E-state index >= 15 is 0 Å². The van der Waals surface area contributed by atoms with Crippen molar-refractivity contribution in [3.05, 3.63) is 54.1 Å². The number of carbonyl (C=O) groups excluding carboxylic acids is 3. The second-order valence-corrected chi connectivity index (χ2v) is 6.74. The zero-order valence-electron chi connectivity index (χ0n) is 14.3. The van der Waals surface area contributed by atoms with Crippen LogP contribution >= 0.6 is 11.8 Å². The molecule has 134 valence electrons. The van der Waals surface area contributed by atoms with Crippen molar-refractivity contribution in [1.82, 2.24) is 5.32 Å². The minimum atomic E-state index is -0.266. The molecule has 2 aromatic rings. The van der Waals surface area contributed by atoms with Crippen molar-refractivity contribution < 1.29 is 14.4 Å². The summed E-state index contributed by atoms with van der Waals surface area (Å²) in [4.78, 5) is 39.2. The van der Waals surface area contributed by atoms with Crippen molar-refractivity contribution in [3.8, 4) is 0 Å². The Balaban J connectivity index is 1.67. The number of carbonyl (C=O) groups is 3. The van der Waals surface area contributed by atoms with Crippen LogP contribution in [-0.4, -0.2) is 37.1 Å². The van der Waals surface area contributed by atoms with E-state index in [9.17, 15) is 14.4 Å². The number of para-hydroxylation sites is 2. The first-order valence-corrected chi connectivity index (χ1v) is 9.22. The number of hydrogen-bond donors (Lipinski definition) is 2. The number of benzene rings is 2. The van der Waals surface area contributed by atoms with Gasteiger partial charge < -0.3 is 15.5 Å². The molecule has 3 rings (SSSR count). The summed E-state index contributed by atoms with van der Waals surface area (Å²) in [6.07, 6.45) is 0.146. The summed E-state index contributed by atoms with van der Waals surface area (Å²) in [6, 6.07) is 14.5. The third-order valence-electron chi connectivity index (χ3n) is 4.04. The fourth-order valence-corrected chi connectivity index (χ4v) is 3.69. The van der Waals surface area contributed by atoms with Crippen LogP contribution in [0.5, 0.6) is 0 Å². The third-order valence-corrected chi connectivity index (χ3v) is 5.09. The molecule has 0 saturated carbocycles. The smallest absolute Gasteiger partial charge is 0.253 e. The molecule has 0 atom stereocenters. The molecule has 2 aromatic carbocycles. The summed E-state index contributed by atoms with van der Waals surface area (Å²) in [6.45, 7) is 0.296. The van der Waals surface area contributed by atoms with Gasteiger partial charge in [0.25, 0.3) is 5.91 Å². The lowest BCUT2D eigenvalue weighted by Gasteiger charge is -2.28. The number of nitrogens with zero attached hydrogens (tertiary/aromatic N) is 1. The van der Waals surface area contributed by atoms with E-state index in [1.165, 1.54) is 11.8 Å². The SMILES string of the molecule is CNC(=O)c1ccccc1NC(=O)CCN1C(=O)CSc2ccccc21. The van der Waals surface area contributed by atoms with Crippen molar-refractivity contribution in [2.75, 3.05) is 29.6 Å². The number of hydrogen-bond acceptors (Lipinski definition) is 4. The summed E-state index contributed by atoms with van der Waals surface area (Å²) >= 11 is 1.51. The summed E-state index contributed by atoms with van der Waals surface area (Å²) < 4.78 is 0. The van der Waals surface area contributed by atoms with Crippen LogP contribution in [0.1, 0.15) is 16.8 Å². The maximum atomic E-state index is 12.4. The molecule has 0 saturated heterocycles. The highest BCUT2D eigenvalue weighted by Gasteiger charge is 2.24. The first kappa shape index (κ1) is 18.0. The van der Waals surface area contributed by atoms with E-state index in [-0.39, 0.29) is 24.1 Å². The molecule has 6 nitrogen and oxygen atoms in total. The van der Waals surface area contributed by atoms with Gasteiger partial charge in [0.05, 0.1) is 22.7 Å². The van der Waals surface area contributed by atoms with Gasteiger partial charge in [0.2, 0.25) is 11.8 Å². The number of thioether (sulfide) groups is 1. The van der Waals surface area contributed by atoms with Crippen LogP contribution < -0.4 is 15.5 Å². The van der Waals surface area contributed by atoms with Crippen LogP contribution in [0.2, 0.25) is 0 Å². The summed E-state index contributed by atoms with van der Waals surface area (Å²) in [5.41, 5.74) is 1.70. The monoisotopic (exact) mass is 369 g/mol. The molecule has 1 aliphatic rings. The number of amides is 3. The van der Waals surface area contributed by atoms with E-state index in [0.717, 1.165) is 10.6 Å². The Morgan fingerprint density at radius 3 is 2.65 bits per heavy atom. The van der Waals surface area contributed by atoms with Gasteiger partial charge in [-0.3, -0.25) is 14.4 Å². The van der Waals surface area contributed by atoms with E-state index in [4.69, 9.17) is 0 Å². The fraction of sp³-hybridized carbons (Fsp3) is 0.211. The Bertz CT molecular complexity index is 853. The standard InChI is InChI=1S/C19H19N3O3S/c1-20-19(25)13-6-2-3-7-14(13)21-17(23)10-11-22-15-8-4-5-9-16(15)26-12-18(22)24/h2-9H,10-12H2,1H3,(H,20,25)(H,21,23). The first-order valence-electron chi connectivity index (χ1n) is 8.23. The van der Waals surface area contributed by atoms with Crippen molar-refractivity contribution >= 4 is 40.9 Å².